The zero-order valence-electron chi connectivity index (χ0n) is 12.0. The standard InChI is InChI=1S/C13H12N6O4/c1-21-10-6-8(2-3-9(10)22-5-4-14)7-16-17-13(20)11-12(15)19-23-18-11/h2-3,6-7H,5H2,1H3,(H2,15,19)(H,17,20)/b16-7+. The Labute approximate surface area is 130 Å². The minimum atomic E-state index is -0.652. The van der Waals surface area contributed by atoms with Crippen molar-refractivity contribution in [3.63, 3.8) is 0 Å². The van der Waals surface area contributed by atoms with Crippen molar-refractivity contribution in [2.24, 2.45) is 5.10 Å². The van der Waals surface area contributed by atoms with Gasteiger partial charge in [0.25, 0.3) is 5.91 Å². The Balaban J connectivity index is 2.04. The Morgan fingerprint density at radius 2 is 2.35 bits per heavy atom. The average Bonchev–Trinajstić information content (AvgIpc) is 2.99. The van der Waals surface area contributed by atoms with Crippen LogP contribution in [0, 0.1) is 11.3 Å². The molecule has 0 aliphatic heterocycles. The first-order valence-corrected chi connectivity index (χ1v) is 6.25. The molecule has 1 aromatic carbocycles. The van der Waals surface area contributed by atoms with Gasteiger partial charge in [-0.15, -0.1) is 0 Å². The third-order valence-corrected chi connectivity index (χ3v) is 2.59. The van der Waals surface area contributed by atoms with E-state index in [0.29, 0.717) is 17.1 Å². The Kier molecular flexibility index (Phi) is 5.08. The number of methoxy groups -OCH3 is 1. The van der Waals surface area contributed by atoms with Crippen LogP contribution in [0.3, 0.4) is 0 Å². The zero-order chi connectivity index (χ0) is 16.7. The molecular formula is C13H12N6O4. The number of nitrogens with one attached hydrogen (secondary N) is 1. The highest BCUT2D eigenvalue weighted by molar-refractivity contribution is 5.96. The molecule has 1 amide bonds. The lowest BCUT2D eigenvalue weighted by molar-refractivity contribution is 0.0946. The number of nitrogens with zero attached hydrogens (tertiary/aromatic N) is 4. The molecule has 0 atom stereocenters. The van der Waals surface area contributed by atoms with Crippen molar-refractivity contribution in [3.8, 4) is 17.6 Å². The lowest BCUT2D eigenvalue weighted by atomic mass is 10.2. The second kappa shape index (κ2) is 7.41. The van der Waals surface area contributed by atoms with E-state index in [1.54, 1.807) is 18.2 Å². The van der Waals surface area contributed by atoms with E-state index in [2.05, 4.69) is 25.5 Å². The molecular weight excluding hydrogens is 304 g/mol. The third-order valence-electron chi connectivity index (χ3n) is 2.59. The third kappa shape index (κ3) is 3.94. The molecule has 10 nitrogen and oxygen atoms in total. The molecule has 0 saturated carbocycles. The van der Waals surface area contributed by atoms with Gasteiger partial charge in [-0.3, -0.25) is 4.79 Å². The van der Waals surface area contributed by atoms with Crippen LogP contribution < -0.4 is 20.6 Å². The van der Waals surface area contributed by atoms with Crippen molar-refractivity contribution in [1.29, 1.82) is 5.26 Å². The molecule has 0 aliphatic carbocycles. The van der Waals surface area contributed by atoms with E-state index >= 15 is 0 Å². The van der Waals surface area contributed by atoms with Crippen LogP contribution in [-0.4, -0.2) is 36.2 Å². The van der Waals surface area contributed by atoms with Gasteiger partial charge in [0.05, 0.1) is 13.3 Å². The zero-order valence-corrected chi connectivity index (χ0v) is 12.0. The lowest BCUT2D eigenvalue weighted by Crippen LogP contribution is -2.19. The summed E-state index contributed by atoms with van der Waals surface area (Å²) in [4.78, 5) is 11.7. The van der Waals surface area contributed by atoms with Gasteiger partial charge >= 0.3 is 0 Å². The predicted molar refractivity (Wildman–Crippen MR) is 77.9 cm³/mol. The van der Waals surface area contributed by atoms with Crippen molar-refractivity contribution in [2.75, 3.05) is 19.5 Å². The molecule has 3 N–H and O–H groups in total. The number of carbonyl (C=O) groups excluding carboxylic acids is 1. The molecule has 0 bridgehead atoms. The van der Waals surface area contributed by atoms with Gasteiger partial charge in [0.2, 0.25) is 11.5 Å². The number of anilines is 1. The number of nitriles is 1. The Morgan fingerprint density at radius 1 is 1.52 bits per heavy atom. The van der Waals surface area contributed by atoms with Gasteiger partial charge in [0.1, 0.15) is 6.07 Å². The number of hydrogen-bond acceptors (Lipinski definition) is 9. The van der Waals surface area contributed by atoms with Gasteiger partial charge in [0.15, 0.2) is 18.1 Å². The monoisotopic (exact) mass is 316 g/mol. The second-order valence-electron chi connectivity index (χ2n) is 4.05. The molecule has 10 heteroatoms. The Hall–Kier alpha value is -3.61. The van der Waals surface area contributed by atoms with E-state index < -0.39 is 5.91 Å². The molecule has 2 aromatic rings. The van der Waals surface area contributed by atoms with Crippen LogP contribution >= 0.6 is 0 Å². The summed E-state index contributed by atoms with van der Waals surface area (Å²) in [6.07, 6.45) is 1.39. The van der Waals surface area contributed by atoms with Crippen molar-refractivity contribution in [3.05, 3.63) is 29.5 Å². The summed E-state index contributed by atoms with van der Waals surface area (Å²) in [5, 5.41) is 18.9. The van der Waals surface area contributed by atoms with E-state index in [1.807, 2.05) is 6.07 Å². The first-order chi connectivity index (χ1) is 11.2. The fraction of sp³-hybridized carbons (Fsp3) is 0.154. The molecule has 1 heterocycles. The molecule has 0 fully saturated rings. The lowest BCUT2D eigenvalue weighted by Gasteiger charge is -2.08. The maximum absolute atomic E-state index is 11.7. The molecule has 118 valence electrons. The topological polar surface area (TPSA) is 149 Å². The van der Waals surface area contributed by atoms with Crippen LogP contribution in [0.1, 0.15) is 16.1 Å². The van der Waals surface area contributed by atoms with Crippen LogP contribution in [0.15, 0.2) is 27.9 Å². The van der Waals surface area contributed by atoms with Gasteiger partial charge in [-0.05, 0) is 34.1 Å². The number of aromatic nitrogens is 2. The van der Waals surface area contributed by atoms with Crippen LogP contribution in [-0.2, 0) is 0 Å². The summed E-state index contributed by atoms with van der Waals surface area (Å²) in [5.41, 5.74) is 8.10. The largest absolute Gasteiger partial charge is 0.493 e. The second-order valence-corrected chi connectivity index (χ2v) is 4.05. The first-order valence-electron chi connectivity index (χ1n) is 6.25. The summed E-state index contributed by atoms with van der Waals surface area (Å²) in [6, 6.07) is 6.80. The molecule has 0 radical (unpaired) electrons. The number of rotatable bonds is 6. The quantitative estimate of drug-likeness (QED) is 0.571. The van der Waals surface area contributed by atoms with Crippen LogP contribution in [0.25, 0.3) is 0 Å². The molecule has 0 spiro atoms. The van der Waals surface area contributed by atoms with Gasteiger partial charge < -0.3 is 15.2 Å². The van der Waals surface area contributed by atoms with Crippen molar-refractivity contribution in [2.45, 2.75) is 0 Å². The highest BCUT2D eigenvalue weighted by atomic mass is 16.6. The molecule has 0 saturated heterocycles. The minimum absolute atomic E-state index is 0.0903. The summed E-state index contributed by atoms with van der Waals surface area (Å²) >= 11 is 0. The van der Waals surface area contributed by atoms with Crippen molar-refractivity contribution >= 4 is 17.9 Å². The molecule has 0 aliphatic rings. The van der Waals surface area contributed by atoms with E-state index in [0.717, 1.165) is 0 Å². The molecule has 0 unspecified atom stereocenters. The van der Waals surface area contributed by atoms with E-state index in [4.69, 9.17) is 20.5 Å². The number of hydrogen-bond donors (Lipinski definition) is 2. The summed E-state index contributed by atoms with van der Waals surface area (Å²) < 4.78 is 14.7. The average molecular weight is 316 g/mol. The van der Waals surface area contributed by atoms with E-state index in [9.17, 15) is 4.79 Å². The van der Waals surface area contributed by atoms with E-state index in [1.165, 1.54) is 13.3 Å². The fourth-order valence-electron chi connectivity index (χ4n) is 1.57. The first kappa shape index (κ1) is 15.8. The van der Waals surface area contributed by atoms with Gasteiger partial charge in [0, 0.05) is 0 Å². The Bertz CT molecular complexity index is 764. The van der Waals surface area contributed by atoms with E-state index in [-0.39, 0.29) is 18.1 Å². The Morgan fingerprint density at radius 3 is 3.00 bits per heavy atom. The molecule has 2 rings (SSSR count). The van der Waals surface area contributed by atoms with Gasteiger partial charge in [-0.1, -0.05) is 0 Å². The fourth-order valence-corrected chi connectivity index (χ4v) is 1.57. The summed E-state index contributed by atoms with van der Waals surface area (Å²) in [5.74, 6) is 0.0801. The number of ether oxygens (including phenoxy) is 2. The van der Waals surface area contributed by atoms with Crippen LogP contribution in [0.4, 0.5) is 5.82 Å². The van der Waals surface area contributed by atoms with Gasteiger partial charge in [-0.25, -0.2) is 10.1 Å². The normalized spacial score (nSPS) is 10.3. The number of nitrogens with two attached hydrogens (primary N) is 1. The van der Waals surface area contributed by atoms with Crippen molar-refractivity contribution < 1.29 is 18.9 Å². The smallest absolute Gasteiger partial charge is 0.297 e. The highest BCUT2D eigenvalue weighted by Gasteiger charge is 2.14. The van der Waals surface area contributed by atoms with Crippen molar-refractivity contribution in [1.82, 2.24) is 15.7 Å². The number of amides is 1. The maximum Gasteiger partial charge on any atom is 0.297 e. The van der Waals surface area contributed by atoms with Crippen LogP contribution in [0.2, 0.25) is 0 Å². The van der Waals surface area contributed by atoms with Crippen LogP contribution in [0.5, 0.6) is 11.5 Å². The number of nitrogen functional groups attached to an aromatic ring is 1. The van der Waals surface area contributed by atoms with Gasteiger partial charge in [-0.2, -0.15) is 10.4 Å². The maximum atomic E-state index is 11.7. The predicted octanol–water partition coefficient (Wildman–Crippen LogP) is 0.327. The molecule has 23 heavy (non-hydrogen) atoms. The number of benzene rings is 1. The molecule has 1 aromatic heterocycles. The highest BCUT2D eigenvalue weighted by Crippen LogP contribution is 2.27. The SMILES string of the molecule is COc1cc(/C=N/NC(=O)c2nonc2N)ccc1OCC#N. The minimum Gasteiger partial charge on any atom is -0.493 e. The number of carbonyl (C=O) groups is 1. The number of hydrazone groups is 1. The summed E-state index contributed by atoms with van der Waals surface area (Å²) in [7, 11) is 1.47. The summed E-state index contributed by atoms with van der Waals surface area (Å²) in [6.45, 7) is -0.0903.